The van der Waals surface area contributed by atoms with Gasteiger partial charge in [0.05, 0.1) is 9.88 Å². The molecule has 124 valence electrons. The highest BCUT2D eigenvalue weighted by molar-refractivity contribution is 7.10. The van der Waals surface area contributed by atoms with Crippen LogP contribution in [0.25, 0.3) is 16.7 Å². The fourth-order valence-corrected chi connectivity index (χ4v) is 3.93. The molecule has 0 saturated heterocycles. The number of aromatic nitrogens is 1. The van der Waals surface area contributed by atoms with Crippen molar-refractivity contribution in [1.82, 2.24) is 9.88 Å². The van der Waals surface area contributed by atoms with Crippen LogP contribution in [-0.2, 0) is 0 Å². The Labute approximate surface area is 144 Å². The van der Waals surface area contributed by atoms with E-state index in [2.05, 4.69) is 57.1 Å². The Bertz CT molecular complexity index is 734. The van der Waals surface area contributed by atoms with Crippen molar-refractivity contribution in [2.45, 2.75) is 47.0 Å². The molecule has 23 heavy (non-hydrogen) atoms. The van der Waals surface area contributed by atoms with E-state index in [1.807, 2.05) is 25.2 Å². The van der Waals surface area contributed by atoms with Crippen LogP contribution < -0.4 is 9.88 Å². The quantitative estimate of drug-likeness (QED) is 0.813. The minimum Gasteiger partial charge on any atom is -0.378 e. The van der Waals surface area contributed by atoms with Gasteiger partial charge in [0.2, 0.25) is 0 Å². The van der Waals surface area contributed by atoms with Gasteiger partial charge in [0.15, 0.2) is 0 Å². The first-order chi connectivity index (χ1) is 11.1. The minimum absolute atomic E-state index is 0.964. The fourth-order valence-electron chi connectivity index (χ4n) is 2.74. The SMILES string of the molecule is CC.CC1=c2nc(C3=CCC=C(N(C)C)C=C3)sc2=C(C)CC1. The Morgan fingerprint density at radius 3 is 2.35 bits per heavy atom. The summed E-state index contributed by atoms with van der Waals surface area (Å²) in [5.74, 6) is 0. The van der Waals surface area contributed by atoms with Crippen LogP contribution in [0.1, 0.15) is 52.0 Å². The van der Waals surface area contributed by atoms with Crippen molar-refractivity contribution in [3.8, 4) is 0 Å². The van der Waals surface area contributed by atoms with Crippen LogP contribution in [0.15, 0.2) is 30.0 Å². The molecular weight excluding hydrogens is 300 g/mol. The van der Waals surface area contributed by atoms with Gasteiger partial charge in [-0.3, -0.25) is 0 Å². The zero-order valence-corrected chi connectivity index (χ0v) is 16.0. The maximum Gasteiger partial charge on any atom is 0.124 e. The highest BCUT2D eigenvalue weighted by atomic mass is 32.1. The van der Waals surface area contributed by atoms with E-state index in [0.717, 1.165) is 17.8 Å². The smallest absolute Gasteiger partial charge is 0.124 e. The lowest BCUT2D eigenvalue weighted by Crippen LogP contribution is -2.28. The summed E-state index contributed by atoms with van der Waals surface area (Å²) in [5, 5.41) is 2.39. The summed E-state index contributed by atoms with van der Waals surface area (Å²) in [6.45, 7) is 8.47. The summed E-state index contributed by atoms with van der Waals surface area (Å²) in [7, 11) is 4.17. The molecule has 0 unspecified atom stereocenters. The second kappa shape index (κ2) is 7.78. The van der Waals surface area contributed by atoms with Crippen molar-refractivity contribution in [2.24, 2.45) is 0 Å². The standard InChI is InChI=1S/C18H22N2S.C2H6/c1-12-8-9-13(2)17-16(12)19-18(21-17)14-6-5-7-15(11-10-14)20(3)4;1-2/h6-7,10-11H,5,8-9H2,1-4H3;1-2H3. The molecule has 0 atom stereocenters. The molecule has 0 spiro atoms. The summed E-state index contributed by atoms with van der Waals surface area (Å²) in [6, 6.07) is 0. The van der Waals surface area contributed by atoms with Gasteiger partial charge in [-0.25, -0.2) is 4.98 Å². The highest BCUT2D eigenvalue weighted by Crippen LogP contribution is 2.22. The lowest BCUT2D eigenvalue weighted by Gasteiger charge is -2.12. The monoisotopic (exact) mass is 328 g/mol. The van der Waals surface area contributed by atoms with E-state index in [1.54, 1.807) is 0 Å². The topological polar surface area (TPSA) is 16.1 Å². The molecule has 0 fully saturated rings. The van der Waals surface area contributed by atoms with Crippen molar-refractivity contribution in [3.63, 3.8) is 0 Å². The van der Waals surface area contributed by atoms with E-state index in [4.69, 9.17) is 4.98 Å². The number of fused-ring (bicyclic) bond motifs is 1. The van der Waals surface area contributed by atoms with Gasteiger partial charge in [0, 0.05) is 25.4 Å². The van der Waals surface area contributed by atoms with E-state index in [1.165, 1.54) is 38.7 Å². The van der Waals surface area contributed by atoms with Crippen molar-refractivity contribution < 1.29 is 0 Å². The molecule has 0 radical (unpaired) electrons. The first-order valence-corrected chi connectivity index (χ1v) is 9.30. The number of hydrogen-bond donors (Lipinski definition) is 0. The van der Waals surface area contributed by atoms with E-state index in [-0.39, 0.29) is 0 Å². The molecule has 3 rings (SSSR count). The first-order valence-electron chi connectivity index (χ1n) is 8.49. The van der Waals surface area contributed by atoms with Crippen LogP contribution in [0.3, 0.4) is 0 Å². The molecule has 0 aliphatic heterocycles. The maximum atomic E-state index is 4.92. The van der Waals surface area contributed by atoms with E-state index < -0.39 is 0 Å². The molecule has 0 bridgehead atoms. The van der Waals surface area contributed by atoms with Crippen LogP contribution in [0.5, 0.6) is 0 Å². The second-order valence-corrected chi connectivity index (χ2v) is 7.01. The first kappa shape index (κ1) is 17.7. The number of rotatable bonds is 2. The molecule has 2 aliphatic rings. The molecule has 2 nitrogen and oxygen atoms in total. The second-order valence-electron chi connectivity index (χ2n) is 6.01. The minimum atomic E-state index is 0.964. The maximum absolute atomic E-state index is 4.92. The zero-order chi connectivity index (χ0) is 17.0. The van der Waals surface area contributed by atoms with Gasteiger partial charge in [-0.1, -0.05) is 37.6 Å². The van der Waals surface area contributed by atoms with Gasteiger partial charge in [0.25, 0.3) is 0 Å². The lowest BCUT2D eigenvalue weighted by molar-refractivity contribution is 0.528. The van der Waals surface area contributed by atoms with Gasteiger partial charge < -0.3 is 4.90 Å². The van der Waals surface area contributed by atoms with Crippen molar-refractivity contribution in [3.05, 3.63) is 44.9 Å². The van der Waals surface area contributed by atoms with E-state index >= 15 is 0 Å². The summed E-state index contributed by atoms with van der Waals surface area (Å²) < 4.78 is 1.40. The molecule has 0 aromatic carbocycles. The van der Waals surface area contributed by atoms with Crippen molar-refractivity contribution in [2.75, 3.05) is 14.1 Å². The number of thiazole rings is 1. The summed E-state index contributed by atoms with van der Waals surface area (Å²) in [5.41, 5.74) is 5.43. The molecular formula is C20H28N2S. The molecule has 2 aliphatic carbocycles. The van der Waals surface area contributed by atoms with Crippen molar-refractivity contribution in [1.29, 1.82) is 0 Å². The van der Waals surface area contributed by atoms with E-state index in [9.17, 15) is 0 Å². The average molecular weight is 329 g/mol. The van der Waals surface area contributed by atoms with E-state index in [0.29, 0.717) is 0 Å². The molecule has 1 heterocycles. The number of hydrogen-bond acceptors (Lipinski definition) is 3. The van der Waals surface area contributed by atoms with Gasteiger partial charge in [-0.2, -0.15) is 0 Å². The van der Waals surface area contributed by atoms with Gasteiger partial charge >= 0.3 is 0 Å². The Hall–Kier alpha value is -1.61. The normalized spacial score (nSPS) is 16.8. The van der Waals surface area contributed by atoms with Crippen LogP contribution in [0, 0.1) is 0 Å². The lowest BCUT2D eigenvalue weighted by atomic mass is 10.0. The van der Waals surface area contributed by atoms with Crippen LogP contribution in [0.2, 0.25) is 0 Å². The van der Waals surface area contributed by atoms with Crippen LogP contribution >= 0.6 is 11.3 Å². The largest absolute Gasteiger partial charge is 0.378 e. The number of allylic oxidation sites excluding steroid dienone is 5. The molecule has 1 aromatic rings. The highest BCUT2D eigenvalue weighted by Gasteiger charge is 2.12. The third-order valence-electron chi connectivity index (χ3n) is 4.16. The number of likely N-dealkylation sites (N-methyl/N-ethyl adjacent to an activating group) is 1. The zero-order valence-electron chi connectivity index (χ0n) is 15.2. The van der Waals surface area contributed by atoms with Gasteiger partial charge in [-0.15, -0.1) is 11.3 Å². The Kier molecular flexibility index (Phi) is 6.00. The fraction of sp³-hybridized carbons (Fsp3) is 0.450. The molecule has 0 N–H and O–H groups in total. The van der Waals surface area contributed by atoms with Crippen LogP contribution in [0.4, 0.5) is 0 Å². The van der Waals surface area contributed by atoms with Crippen molar-refractivity contribution >= 4 is 28.1 Å². The molecule has 0 saturated carbocycles. The average Bonchev–Trinajstić information content (AvgIpc) is 2.85. The van der Waals surface area contributed by atoms with Gasteiger partial charge in [0.1, 0.15) is 5.01 Å². The Morgan fingerprint density at radius 1 is 1.00 bits per heavy atom. The third-order valence-corrected chi connectivity index (χ3v) is 5.42. The van der Waals surface area contributed by atoms with Crippen LogP contribution in [-0.4, -0.2) is 24.0 Å². The predicted molar refractivity (Wildman–Crippen MR) is 104 cm³/mol. The summed E-state index contributed by atoms with van der Waals surface area (Å²) >= 11 is 1.85. The Balaban J connectivity index is 0.000000924. The predicted octanol–water partition coefficient (Wildman–Crippen LogP) is 4.09. The summed E-state index contributed by atoms with van der Waals surface area (Å²) in [4.78, 5) is 7.07. The number of nitrogens with zero attached hydrogens (tertiary/aromatic N) is 2. The molecule has 1 aromatic heterocycles. The van der Waals surface area contributed by atoms with Gasteiger partial charge in [-0.05, 0) is 44.8 Å². The Morgan fingerprint density at radius 2 is 1.70 bits per heavy atom. The summed E-state index contributed by atoms with van der Waals surface area (Å²) in [6.07, 6.45) is 12.2. The molecule has 3 heteroatoms. The third kappa shape index (κ3) is 3.84. The molecule has 0 amide bonds.